The highest BCUT2D eigenvalue weighted by molar-refractivity contribution is 5.35. The summed E-state index contributed by atoms with van der Waals surface area (Å²) in [6.45, 7) is 1.88. The van der Waals surface area contributed by atoms with Crippen molar-refractivity contribution in [3.8, 4) is 11.5 Å². The fourth-order valence-electron chi connectivity index (χ4n) is 5.13. The van der Waals surface area contributed by atoms with E-state index in [2.05, 4.69) is 24.1 Å². The van der Waals surface area contributed by atoms with Gasteiger partial charge in [0.25, 0.3) is 0 Å². The summed E-state index contributed by atoms with van der Waals surface area (Å²) in [5.74, 6) is 0.493. The molecule has 1 N–H and O–H groups in total. The van der Waals surface area contributed by atoms with E-state index in [1.807, 2.05) is 48.5 Å². The monoisotopic (exact) mass is 543 g/mol. The molecule has 4 aromatic rings. The second-order valence-corrected chi connectivity index (χ2v) is 10.4. The van der Waals surface area contributed by atoms with E-state index < -0.39 is 0 Å². The summed E-state index contributed by atoms with van der Waals surface area (Å²) in [7, 11) is 2.18. The molecule has 1 atom stereocenters. The molecule has 210 valence electrons. The summed E-state index contributed by atoms with van der Waals surface area (Å²) in [4.78, 5) is 2.41. The molecule has 4 aromatic carbocycles. The molecule has 0 aliphatic carbocycles. The summed E-state index contributed by atoms with van der Waals surface area (Å²) >= 11 is 0. The van der Waals surface area contributed by atoms with Crippen LogP contribution in [0, 0.1) is 11.6 Å². The predicted octanol–water partition coefficient (Wildman–Crippen LogP) is 7.79. The lowest BCUT2D eigenvalue weighted by Gasteiger charge is -2.20. The molecule has 1 heterocycles. The second kappa shape index (κ2) is 15.2. The van der Waals surface area contributed by atoms with Crippen molar-refractivity contribution in [3.05, 3.63) is 131 Å². The van der Waals surface area contributed by atoms with Crippen LogP contribution in [0.2, 0.25) is 0 Å². The fraction of sp³-hybridized carbons (Fsp3) is 0.314. The summed E-state index contributed by atoms with van der Waals surface area (Å²) in [6.07, 6.45) is 6.70. The van der Waals surface area contributed by atoms with Gasteiger partial charge < -0.3 is 14.7 Å². The van der Waals surface area contributed by atoms with Gasteiger partial charge in [-0.2, -0.15) is 0 Å². The number of likely N-dealkylation sites (tertiary alicyclic amines) is 1. The standard InChI is InChI=1S/C21H26FNO.C14H13FO/c1-23-14-5-8-20(23)13-15-24-21-12-11-19(22)16-18(21)10-9-17-6-3-2-4-7-17;15-13-8-9-14(16)12(10-13)7-6-11-4-2-1-3-5-11/h2-4,6-7,11-12,16,20H,5,8-10,13-15H2,1H3;1-5,8-10,16H,6-7H2. The van der Waals surface area contributed by atoms with Crippen LogP contribution in [-0.2, 0) is 25.7 Å². The van der Waals surface area contributed by atoms with Gasteiger partial charge in [0, 0.05) is 6.04 Å². The molecule has 5 heteroatoms. The molecule has 0 bridgehead atoms. The van der Waals surface area contributed by atoms with Gasteiger partial charge in [-0.15, -0.1) is 0 Å². The first-order valence-electron chi connectivity index (χ1n) is 14.1. The van der Waals surface area contributed by atoms with Gasteiger partial charge >= 0.3 is 0 Å². The highest BCUT2D eigenvalue weighted by Gasteiger charge is 2.20. The number of phenolic OH excluding ortho intramolecular Hbond substituents is 1. The van der Waals surface area contributed by atoms with Crippen LogP contribution < -0.4 is 4.74 Å². The van der Waals surface area contributed by atoms with Crippen LogP contribution in [0.25, 0.3) is 0 Å². The van der Waals surface area contributed by atoms with Gasteiger partial charge in [-0.05, 0) is 117 Å². The lowest BCUT2D eigenvalue weighted by molar-refractivity contribution is 0.232. The predicted molar refractivity (Wildman–Crippen MR) is 158 cm³/mol. The van der Waals surface area contributed by atoms with Gasteiger partial charge in [0.05, 0.1) is 6.61 Å². The Labute approximate surface area is 237 Å². The Kier molecular flexibility index (Phi) is 11.1. The Hall–Kier alpha value is -3.70. The Morgan fingerprint density at radius 3 is 1.93 bits per heavy atom. The van der Waals surface area contributed by atoms with Crippen molar-refractivity contribution in [2.45, 2.75) is 51.0 Å². The lowest BCUT2D eigenvalue weighted by atomic mass is 10.0. The minimum absolute atomic E-state index is 0.164. The summed E-state index contributed by atoms with van der Waals surface area (Å²) < 4.78 is 32.6. The largest absolute Gasteiger partial charge is 0.508 e. The molecule has 3 nitrogen and oxygen atoms in total. The zero-order valence-corrected chi connectivity index (χ0v) is 23.2. The van der Waals surface area contributed by atoms with Crippen LogP contribution in [0.3, 0.4) is 0 Å². The Morgan fingerprint density at radius 1 is 0.750 bits per heavy atom. The molecule has 1 aliphatic heterocycles. The van der Waals surface area contributed by atoms with Gasteiger partial charge in [0.15, 0.2) is 0 Å². The number of hydrogen-bond acceptors (Lipinski definition) is 3. The Morgan fingerprint density at radius 2 is 1.32 bits per heavy atom. The third-order valence-electron chi connectivity index (χ3n) is 7.50. The van der Waals surface area contributed by atoms with Crippen molar-refractivity contribution in [2.75, 3.05) is 20.2 Å². The lowest BCUT2D eigenvalue weighted by Crippen LogP contribution is -2.26. The molecule has 0 radical (unpaired) electrons. The SMILES string of the molecule is CN1CCCC1CCOc1ccc(F)cc1CCc1ccccc1.Oc1ccc(F)cc1CCc1ccccc1. The molecular weight excluding hydrogens is 504 g/mol. The van der Waals surface area contributed by atoms with E-state index in [0.29, 0.717) is 24.6 Å². The molecule has 0 amide bonds. The number of benzene rings is 4. The van der Waals surface area contributed by atoms with E-state index in [1.165, 1.54) is 54.8 Å². The van der Waals surface area contributed by atoms with Crippen LogP contribution in [0.4, 0.5) is 8.78 Å². The molecule has 1 aliphatic rings. The second-order valence-electron chi connectivity index (χ2n) is 10.4. The normalized spacial score (nSPS) is 14.9. The van der Waals surface area contributed by atoms with E-state index in [-0.39, 0.29) is 17.4 Å². The van der Waals surface area contributed by atoms with Gasteiger partial charge in [0.2, 0.25) is 0 Å². The van der Waals surface area contributed by atoms with Crippen LogP contribution in [0.1, 0.15) is 41.5 Å². The van der Waals surface area contributed by atoms with Crippen molar-refractivity contribution >= 4 is 0 Å². The summed E-state index contributed by atoms with van der Waals surface area (Å²) in [5.41, 5.74) is 4.06. The first-order chi connectivity index (χ1) is 19.5. The quantitative estimate of drug-likeness (QED) is 0.222. The maximum absolute atomic E-state index is 13.6. The zero-order chi connectivity index (χ0) is 28.2. The van der Waals surface area contributed by atoms with Gasteiger partial charge in [-0.3, -0.25) is 0 Å². The third kappa shape index (κ3) is 9.20. The molecule has 0 saturated carbocycles. The third-order valence-corrected chi connectivity index (χ3v) is 7.50. The number of halogens is 2. The van der Waals surface area contributed by atoms with Crippen molar-refractivity contribution < 1.29 is 18.6 Å². The number of ether oxygens (including phenoxy) is 1. The average molecular weight is 544 g/mol. The minimum Gasteiger partial charge on any atom is -0.508 e. The molecule has 1 saturated heterocycles. The fourth-order valence-corrected chi connectivity index (χ4v) is 5.13. The van der Waals surface area contributed by atoms with Gasteiger partial charge in [-0.1, -0.05) is 60.7 Å². The number of aromatic hydroxyl groups is 1. The van der Waals surface area contributed by atoms with Crippen molar-refractivity contribution in [2.24, 2.45) is 0 Å². The van der Waals surface area contributed by atoms with E-state index in [4.69, 9.17) is 4.74 Å². The highest BCUT2D eigenvalue weighted by Crippen LogP contribution is 2.24. The molecule has 5 rings (SSSR count). The van der Waals surface area contributed by atoms with Gasteiger partial charge in [0.1, 0.15) is 23.1 Å². The maximum atomic E-state index is 13.6. The number of nitrogens with zero attached hydrogens (tertiary/aromatic N) is 1. The van der Waals surface area contributed by atoms with E-state index in [9.17, 15) is 13.9 Å². The average Bonchev–Trinajstić information content (AvgIpc) is 3.39. The smallest absolute Gasteiger partial charge is 0.123 e. The molecule has 1 fully saturated rings. The van der Waals surface area contributed by atoms with Crippen molar-refractivity contribution in [3.63, 3.8) is 0 Å². The maximum Gasteiger partial charge on any atom is 0.123 e. The molecule has 1 unspecified atom stereocenters. The highest BCUT2D eigenvalue weighted by atomic mass is 19.1. The van der Waals surface area contributed by atoms with E-state index in [0.717, 1.165) is 37.0 Å². The number of phenols is 1. The molecule has 0 spiro atoms. The summed E-state index contributed by atoms with van der Waals surface area (Å²) in [6, 6.07) is 29.8. The number of rotatable bonds is 10. The van der Waals surface area contributed by atoms with Crippen LogP contribution in [-0.4, -0.2) is 36.2 Å². The molecule has 0 aromatic heterocycles. The molecule has 40 heavy (non-hydrogen) atoms. The minimum atomic E-state index is -0.305. The Bertz CT molecular complexity index is 1310. The first kappa shape index (κ1) is 29.3. The Balaban J connectivity index is 0.000000201. The van der Waals surface area contributed by atoms with E-state index >= 15 is 0 Å². The first-order valence-corrected chi connectivity index (χ1v) is 14.1. The van der Waals surface area contributed by atoms with Crippen LogP contribution in [0.15, 0.2) is 97.1 Å². The zero-order valence-electron chi connectivity index (χ0n) is 23.2. The van der Waals surface area contributed by atoms with Crippen LogP contribution in [0.5, 0.6) is 11.5 Å². The van der Waals surface area contributed by atoms with Crippen molar-refractivity contribution in [1.29, 1.82) is 0 Å². The summed E-state index contributed by atoms with van der Waals surface area (Å²) in [5, 5.41) is 9.55. The number of aryl methyl sites for hydroxylation is 4. The van der Waals surface area contributed by atoms with Crippen molar-refractivity contribution in [1.82, 2.24) is 4.90 Å². The van der Waals surface area contributed by atoms with E-state index in [1.54, 1.807) is 12.1 Å². The van der Waals surface area contributed by atoms with Gasteiger partial charge in [-0.25, -0.2) is 8.78 Å². The molecular formula is C35H39F2NO2. The van der Waals surface area contributed by atoms with Crippen LogP contribution >= 0.6 is 0 Å². The topological polar surface area (TPSA) is 32.7 Å². The number of hydrogen-bond donors (Lipinski definition) is 1.